The van der Waals surface area contributed by atoms with Crippen LogP contribution < -0.4 is 0 Å². The number of hydrogen-bond acceptors (Lipinski definition) is 2. The average molecular weight is 242 g/mol. The van der Waals surface area contributed by atoms with E-state index < -0.39 is 17.2 Å². The van der Waals surface area contributed by atoms with E-state index in [-0.39, 0.29) is 17.0 Å². The summed E-state index contributed by atoms with van der Waals surface area (Å²) in [6.45, 7) is 1.31. The Morgan fingerprint density at radius 3 is 2.75 bits per heavy atom. The minimum atomic E-state index is -1.55. The van der Waals surface area contributed by atoms with Crippen molar-refractivity contribution in [3.05, 3.63) is 34.6 Å². The van der Waals surface area contributed by atoms with Gasteiger partial charge in [-0.1, -0.05) is 17.7 Å². The molecule has 0 bridgehead atoms. The maximum atomic E-state index is 13.6. The van der Waals surface area contributed by atoms with Gasteiger partial charge < -0.3 is 5.11 Å². The van der Waals surface area contributed by atoms with Gasteiger partial charge in [-0.15, -0.1) is 0 Å². The van der Waals surface area contributed by atoms with Gasteiger partial charge in [-0.25, -0.2) is 4.39 Å². The minimum absolute atomic E-state index is 0.0362. The van der Waals surface area contributed by atoms with Crippen molar-refractivity contribution in [3.8, 4) is 6.07 Å². The zero-order chi connectivity index (χ0) is 12.3. The smallest absolute Gasteiger partial charge is 0.315 e. The van der Waals surface area contributed by atoms with Gasteiger partial charge in [0.15, 0.2) is 0 Å². The number of nitrogens with zero attached hydrogens (tertiary/aromatic N) is 1. The predicted molar refractivity (Wildman–Crippen MR) is 56.6 cm³/mol. The van der Waals surface area contributed by atoms with E-state index in [1.807, 2.05) is 0 Å². The standard InChI is InChI=1S/C11H9ClFNO2/c1-11(4-5-14,10(15)16)8-3-2-7(12)6-9(8)13/h2-3,6H,4H2,1H3,(H,15,16). The van der Waals surface area contributed by atoms with Crippen LogP contribution in [-0.4, -0.2) is 11.1 Å². The lowest BCUT2D eigenvalue weighted by molar-refractivity contribution is -0.143. The zero-order valence-corrected chi connectivity index (χ0v) is 9.25. The molecule has 1 unspecified atom stereocenters. The van der Waals surface area contributed by atoms with Crippen molar-refractivity contribution < 1.29 is 14.3 Å². The number of carboxylic acid groups (broad SMARTS) is 1. The van der Waals surface area contributed by atoms with Crippen LogP contribution in [0, 0.1) is 17.1 Å². The Balaban J connectivity index is 3.33. The van der Waals surface area contributed by atoms with Crippen molar-refractivity contribution in [3.63, 3.8) is 0 Å². The summed E-state index contributed by atoms with van der Waals surface area (Å²) in [5.41, 5.74) is -1.59. The molecule has 1 aromatic rings. The second-order valence-electron chi connectivity index (χ2n) is 3.60. The van der Waals surface area contributed by atoms with Crippen molar-refractivity contribution in [1.29, 1.82) is 5.26 Å². The molecule has 0 fully saturated rings. The fourth-order valence-corrected chi connectivity index (χ4v) is 1.54. The molecule has 0 heterocycles. The van der Waals surface area contributed by atoms with Gasteiger partial charge in [-0.2, -0.15) is 5.26 Å². The number of carboxylic acids is 1. The van der Waals surface area contributed by atoms with Crippen molar-refractivity contribution in [2.45, 2.75) is 18.8 Å². The van der Waals surface area contributed by atoms with E-state index in [0.717, 1.165) is 6.07 Å². The molecule has 0 aliphatic rings. The first-order chi connectivity index (χ1) is 7.41. The molecule has 0 amide bonds. The van der Waals surface area contributed by atoms with Gasteiger partial charge in [0.05, 0.1) is 12.5 Å². The SMILES string of the molecule is CC(CC#N)(C(=O)O)c1ccc(Cl)cc1F. The first-order valence-electron chi connectivity index (χ1n) is 4.47. The molecule has 1 aromatic carbocycles. The van der Waals surface area contributed by atoms with Gasteiger partial charge in [0.1, 0.15) is 11.2 Å². The molecule has 0 saturated carbocycles. The molecular formula is C11H9ClFNO2. The first kappa shape index (κ1) is 12.5. The van der Waals surface area contributed by atoms with Gasteiger partial charge in [-0.05, 0) is 19.1 Å². The highest BCUT2D eigenvalue weighted by molar-refractivity contribution is 6.30. The van der Waals surface area contributed by atoms with E-state index in [1.54, 1.807) is 6.07 Å². The minimum Gasteiger partial charge on any atom is -0.481 e. The molecule has 1 atom stereocenters. The number of benzene rings is 1. The van der Waals surface area contributed by atoms with Crippen molar-refractivity contribution in [2.24, 2.45) is 0 Å². The van der Waals surface area contributed by atoms with Crippen LogP contribution in [0.25, 0.3) is 0 Å². The van der Waals surface area contributed by atoms with Gasteiger partial charge in [-0.3, -0.25) is 4.79 Å². The third-order valence-electron chi connectivity index (χ3n) is 2.43. The summed E-state index contributed by atoms with van der Waals surface area (Å²) in [6.07, 6.45) is -0.305. The molecule has 0 saturated heterocycles. The van der Waals surface area contributed by atoms with Crippen LogP contribution in [0.4, 0.5) is 4.39 Å². The van der Waals surface area contributed by atoms with Gasteiger partial charge in [0, 0.05) is 10.6 Å². The monoisotopic (exact) mass is 241 g/mol. The summed E-state index contributed by atoms with van der Waals surface area (Å²) in [4.78, 5) is 11.1. The van der Waals surface area contributed by atoms with Crippen molar-refractivity contribution in [1.82, 2.24) is 0 Å². The molecule has 0 radical (unpaired) electrons. The predicted octanol–water partition coefficient (Wildman–Crippen LogP) is 2.74. The number of halogens is 2. The third kappa shape index (κ3) is 2.15. The van der Waals surface area contributed by atoms with E-state index in [9.17, 15) is 9.18 Å². The van der Waals surface area contributed by atoms with Gasteiger partial charge >= 0.3 is 5.97 Å². The fourth-order valence-electron chi connectivity index (χ4n) is 1.38. The maximum absolute atomic E-state index is 13.6. The molecule has 3 nitrogen and oxygen atoms in total. The first-order valence-corrected chi connectivity index (χ1v) is 4.85. The summed E-state index contributed by atoms with van der Waals surface area (Å²) in [7, 11) is 0. The molecule has 0 spiro atoms. The molecule has 0 aliphatic heterocycles. The number of aliphatic carboxylic acids is 1. The lowest BCUT2D eigenvalue weighted by atomic mass is 9.80. The van der Waals surface area contributed by atoms with Gasteiger partial charge in [0.25, 0.3) is 0 Å². The second kappa shape index (κ2) is 4.50. The Morgan fingerprint density at radius 1 is 1.69 bits per heavy atom. The Labute approximate surface area is 97.1 Å². The Bertz CT molecular complexity index is 470. The molecule has 1 N–H and O–H groups in total. The second-order valence-corrected chi connectivity index (χ2v) is 4.03. The number of hydrogen-bond donors (Lipinski definition) is 1. The van der Waals surface area contributed by atoms with E-state index in [1.165, 1.54) is 19.1 Å². The molecular weight excluding hydrogens is 233 g/mol. The molecule has 16 heavy (non-hydrogen) atoms. The van der Waals surface area contributed by atoms with Crippen molar-refractivity contribution in [2.75, 3.05) is 0 Å². The average Bonchev–Trinajstić information content (AvgIpc) is 2.17. The summed E-state index contributed by atoms with van der Waals surface area (Å²) in [5.74, 6) is -1.96. The van der Waals surface area contributed by atoms with Crippen LogP contribution in [0.1, 0.15) is 18.9 Å². The van der Waals surface area contributed by atoms with Crippen LogP contribution in [-0.2, 0) is 10.2 Å². The largest absolute Gasteiger partial charge is 0.481 e. The normalized spacial score (nSPS) is 13.9. The maximum Gasteiger partial charge on any atom is 0.315 e. The van der Waals surface area contributed by atoms with Crippen LogP contribution in [0.2, 0.25) is 5.02 Å². The van der Waals surface area contributed by atoms with Gasteiger partial charge in [0.2, 0.25) is 0 Å². The van der Waals surface area contributed by atoms with E-state index in [2.05, 4.69) is 0 Å². The number of rotatable bonds is 3. The highest BCUT2D eigenvalue weighted by Crippen LogP contribution is 2.31. The third-order valence-corrected chi connectivity index (χ3v) is 2.67. The lowest BCUT2D eigenvalue weighted by Crippen LogP contribution is -2.33. The Kier molecular flexibility index (Phi) is 3.51. The quantitative estimate of drug-likeness (QED) is 0.885. The zero-order valence-electron chi connectivity index (χ0n) is 8.50. The summed E-state index contributed by atoms with van der Waals surface area (Å²) < 4.78 is 13.6. The molecule has 84 valence electrons. The van der Waals surface area contributed by atoms with Crippen LogP contribution >= 0.6 is 11.6 Å². The van der Waals surface area contributed by atoms with Crippen molar-refractivity contribution >= 4 is 17.6 Å². The molecule has 0 aromatic heterocycles. The van der Waals surface area contributed by atoms with E-state index >= 15 is 0 Å². The van der Waals surface area contributed by atoms with E-state index in [4.69, 9.17) is 22.0 Å². The van der Waals surface area contributed by atoms with Crippen LogP contribution in [0.15, 0.2) is 18.2 Å². The Hall–Kier alpha value is -1.60. The van der Waals surface area contributed by atoms with E-state index in [0.29, 0.717) is 0 Å². The summed E-state index contributed by atoms with van der Waals surface area (Å²) in [6, 6.07) is 5.48. The van der Waals surface area contributed by atoms with Crippen LogP contribution in [0.3, 0.4) is 0 Å². The highest BCUT2D eigenvalue weighted by Gasteiger charge is 2.37. The molecule has 5 heteroatoms. The highest BCUT2D eigenvalue weighted by atomic mass is 35.5. The van der Waals surface area contributed by atoms with Crippen LogP contribution in [0.5, 0.6) is 0 Å². The molecule has 0 aliphatic carbocycles. The number of nitriles is 1. The topological polar surface area (TPSA) is 61.1 Å². The number of carbonyl (C=O) groups is 1. The summed E-state index contributed by atoms with van der Waals surface area (Å²) >= 11 is 5.57. The fraction of sp³-hybridized carbons (Fsp3) is 0.273. The lowest BCUT2D eigenvalue weighted by Gasteiger charge is -2.22. The Morgan fingerprint density at radius 2 is 2.31 bits per heavy atom. The summed E-state index contributed by atoms with van der Waals surface area (Å²) in [5, 5.41) is 17.8. The molecule has 1 rings (SSSR count).